The molecule has 1 aromatic rings. The number of nitrogens with one attached hydrogen (secondary N) is 1. The number of rotatable bonds is 8. The van der Waals surface area contributed by atoms with Gasteiger partial charge < -0.3 is 15.8 Å². The quantitative estimate of drug-likeness (QED) is 0.757. The smallest absolute Gasteiger partial charge is 0.250 e. The van der Waals surface area contributed by atoms with Gasteiger partial charge in [0.25, 0.3) is 0 Å². The van der Waals surface area contributed by atoms with E-state index in [1.165, 1.54) is 25.5 Å². The fourth-order valence-electron chi connectivity index (χ4n) is 1.92. The predicted octanol–water partition coefficient (Wildman–Crippen LogP) is 2.33. The molecule has 0 aliphatic carbocycles. The fraction of sp³-hybridized carbons (Fsp3) is 0.533. The van der Waals surface area contributed by atoms with Gasteiger partial charge in [0.2, 0.25) is 5.91 Å². The summed E-state index contributed by atoms with van der Waals surface area (Å²) in [5.41, 5.74) is 8.05. The number of nitrogens with two attached hydrogens (primary N) is 1. The first-order valence-electron chi connectivity index (χ1n) is 6.79. The van der Waals surface area contributed by atoms with Gasteiger partial charge >= 0.3 is 0 Å². The van der Waals surface area contributed by atoms with Gasteiger partial charge in [0.1, 0.15) is 6.61 Å². The van der Waals surface area contributed by atoms with E-state index in [-0.39, 0.29) is 18.6 Å². The van der Waals surface area contributed by atoms with Crippen molar-refractivity contribution < 1.29 is 9.53 Å². The zero-order valence-electron chi connectivity index (χ0n) is 11.8. The molecule has 0 fully saturated rings. The van der Waals surface area contributed by atoms with Crippen LogP contribution in [0.4, 0.5) is 5.69 Å². The van der Waals surface area contributed by atoms with Gasteiger partial charge in [-0.15, -0.1) is 0 Å². The van der Waals surface area contributed by atoms with Crippen LogP contribution in [0, 0.1) is 0 Å². The highest BCUT2D eigenvalue weighted by atomic mass is 16.5. The third-order valence-electron chi connectivity index (χ3n) is 2.94. The molecule has 4 nitrogen and oxygen atoms in total. The number of carbonyl (C=O) groups is 1. The van der Waals surface area contributed by atoms with Crippen LogP contribution in [0.3, 0.4) is 0 Å². The van der Waals surface area contributed by atoms with Crippen LogP contribution >= 0.6 is 0 Å². The molecular formula is C15H24N2O2. The number of ether oxygens (including phenoxy) is 1. The largest absolute Gasteiger partial charge is 0.375 e. The van der Waals surface area contributed by atoms with Gasteiger partial charge in [-0.3, -0.25) is 4.79 Å². The number of carbonyl (C=O) groups excluding carboxylic acids is 1. The van der Waals surface area contributed by atoms with E-state index in [9.17, 15) is 4.79 Å². The van der Waals surface area contributed by atoms with Crippen molar-refractivity contribution in [3.05, 3.63) is 29.8 Å². The molecule has 3 N–H and O–H groups in total. The van der Waals surface area contributed by atoms with Gasteiger partial charge in [-0.25, -0.2) is 0 Å². The second-order valence-electron chi connectivity index (χ2n) is 4.78. The van der Waals surface area contributed by atoms with E-state index in [4.69, 9.17) is 10.5 Å². The lowest BCUT2D eigenvalue weighted by molar-refractivity contribution is -0.119. The topological polar surface area (TPSA) is 64.3 Å². The molecule has 1 unspecified atom stereocenters. The average molecular weight is 264 g/mol. The second-order valence-corrected chi connectivity index (χ2v) is 4.78. The van der Waals surface area contributed by atoms with Crippen LogP contribution in [0.1, 0.15) is 31.7 Å². The van der Waals surface area contributed by atoms with E-state index in [1.807, 2.05) is 24.3 Å². The Balaban J connectivity index is 2.45. The van der Waals surface area contributed by atoms with Crippen molar-refractivity contribution in [3.8, 4) is 0 Å². The Hall–Kier alpha value is -1.39. The predicted molar refractivity (Wildman–Crippen MR) is 78.2 cm³/mol. The Bertz CT molecular complexity index is 376. The molecule has 0 saturated carbocycles. The molecule has 0 aromatic heterocycles. The number of benzene rings is 1. The summed E-state index contributed by atoms with van der Waals surface area (Å²) in [5, 5.41) is 2.76. The van der Waals surface area contributed by atoms with Crippen molar-refractivity contribution in [1.82, 2.24) is 0 Å². The number of methoxy groups -OCH3 is 1. The van der Waals surface area contributed by atoms with Crippen LogP contribution < -0.4 is 11.1 Å². The first kappa shape index (κ1) is 15.7. The van der Waals surface area contributed by atoms with Crippen LogP contribution in [0.25, 0.3) is 0 Å². The summed E-state index contributed by atoms with van der Waals surface area (Å²) >= 11 is 0. The molecule has 1 atom stereocenters. The number of hydrogen-bond donors (Lipinski definition) is 2. The van der Waals surface area contributed by atoms with E-state index in [0.717, 1.165) is 18.5 Å². The molecule has 1 amide bonds. The fourth-order valence-corrected chi connectivity index (χ4v) is 1.92. The monoisotopic (exact) mass is 264 g/mol. The first-order valence-corrected chi connectivity index (χ1v) is 6.79. The van der Waals surface area contributed by atoms with Gasteiger partial charge in [-0.2, -0.15) is 0 Å². The number of unbranched alkanes of at least 4 members (excludes halogenated alkanes) is 1. The summed E-state index contributed by atoms with van der Waals surface area (Å²) < 4.78 is 4.76. The Labute approximate surface area is 115 Å². The minimum Gasteiger partial charge on any atom is -0.375 e. The van der Waals surface area contributed by atoms with Crippen molar-refractivity contribution >= 4 is 11.6 Å². The molecule has 0 heterocycles. The molecule has 0 spiro atoms. The molecule has 0 aliphatic rings. The maximum atomic E-state index is 11.3. The van der Waals surface area contributed by atoms with Gasteiger partial charge in [-0.05, 0) is 30.5 Å². The molecule has 4 heteroatoms. The zero-order chi connectivity index (χ0) is 14.1. The maximum Gasteiger partial charge on any atom is 0.250 e. The third kappa shape index (κ3) is 6.36. The molecule has 106 valence electrons. The van der Waals surface area contributed by atoms with Crippen LogP contribution in [0.2, 0.25) is 0 Å². The zero-order valence-corrected chi connectivity index (χ0v) is 11.8. The van der Waals surface area contributed by atoms with Crippen molar-refractivity contribution in [2.75, 3.05) is 19.0 Å². The lowest BCUT2D eigenvalue weighted by Gasteiger charge is -2.11. The van der Waals surface area contributed by atoms with Crippen molar-refractivity contribution in [1.29, 1.82) is 0 Å². The Morgan fingerprint density at radius 1 is 1.37 bits per heavy atom. The van der Waals surface area contributed by atoms with Gasteiger partial charge in [0.05, 0.1) is 0 Å². The Morgan fingerprint density at radius 3 is 2.63 bits per heavy atom. The van der Waals surface area contributed by atoms with E-state index >= 15 is 0 Å². The van der Waals surface area contributed by atoms with E-state index < -0.39 is 0 Å². The van der Waals surface area contributed by atoms with E-state index in [1.54, 1.807) is 0 Å². The molecule has 0 bridgehead atoms. The molecule has 0 saturated heterocycles. The summed E-state index contributed by atoms with van der Waals surface area (Å²) in [7, 11) is 1.50. The van der Waals surface area contributed by atoms with Gasteiger partial charge in [-0.1, -0.05) is 31.9 Å². The number of amides is 1. The summed E-state index contributed by atoms with van der Waals surface area (Å²) in [6.07, 6.45) is 4.29. The normalized spacial score (nSPS) is 12.2. The SMILES string of the molecule is CCCCC(N)Cc1ccc(NC(=O)COC)cc1. The summed E-state index contributed by atoms with van der Waals surface area (Å²) in [4.78, 5) is 11.3. The van der Waals surface area contributed by atoms with Gasteiger partial charge in [0, 0.05) is 18.8 Å². The van der Waals surface area contributed by atoms with Crippen LogP contribution in [-0.4, -0.2) is 25.7 Å². The second kappa shape index (κ2) is 8.67. The highest BCUT2D eigenvalue weighted by Gasteiger charge is 2.05. The molecule has 1 aromatic carbocycles. The number of hydrogen-bond acceptors (Lipinski definition) is 3. The molecular weight excluding hydrogens is 240 g/mol. The molecule has 0 radical (unpaired) electrons. The highest BCUT2D eigenvalue weighted by Crippen LogP contribution is 2.12. The molecule has 0 aliphatic heterocycles. The Kier molecular flexibility index (Phi) is 7.15. The van der Waals surface area contributed by atoms with Crippen molar-refractivity contribution in [2.24, 2.45) is 5.73 Å². The van der Waals surface area contributed by atoms with Crippen LogP contribution in [0.5, 0.6) is 0 Å². The summed E-state index contributed by atoms with van der Waals surface area (Å²) in [6, 6.07) is 8.03. The van der Waals surface area contributed by atoms with Crippen LogP contribution in [-0.2, 0) is 16.0 Å². The first-order chi connectivity index (χ1) is 9.15. The van der Waals surface area contributed by atoms with Gasteiger partial charge in [0.15, 0.2) is 0 Å². The Morgan fingerprint density at radius 2 is 2.05 bits per heavy atom. The highest BCUT2D eigenvalue weighted by molar-refractivity contribution is 5.91. The van der Waals surface area contributed by atoms with E-state index in [2.05, 4.69) is 12.2 Å². The molecule has 1 rings (SSSR count). The van der Waals surface area contributed by atoms with Crippen molar-refractivity contribution in [3.63, 3.8) is 0 Å². The van der Waals surface area contributed by atoms with Crippen LogP contribution in [0.15, 0.2) is 24.3 Å². The minimum absolute atomic E-state index is 0.0731. The van der Waals surface area contributed by atoms with Crippen molar-refractivity contribution in [2.45, 2.75) is 38.6 Å². The minimum atomic E-state index is -0.144. The van der Waals surface area contributed by atoms with E-state index in [0.29, 0.717) is 0 Å². The lowest BCUT2D eigenvalue weighted by atomic mass is 10.0. The summed E-state index contributed by atoms with van der Waals surface area (Å²) in [6.45, 7) is 2.24. The molecule has 19 heavy (non-hydrogen) atoms. The standard InChI is InChI=1S/C15H24N2O2/c1-3-4-5-13(16)10-12-6-8-14(9-7-12)17-15(18)11-19-2/h6-9,13H,3-5,10-11,16H2,1-2H3,(H,17,18). The average Bonchev–Trinajstić information content (AvgIpc) is 2.39. The maximum absolute atomic E-state index is 11.3. The lowest BCUT2D eigenvalue weighted by Crippen LogP contribution is -2.22. The summed E-state index contributed by atoms with van der Waals surface area (Å²) in [5.74, 6) is -0.144. The third-order valence-corrected chi connectivity index (χ3v) is 2.94. The number of anilines is 1.